The van der Waals surface area contributed by atoms with Gasteiger partial charge in [0.15, 0.2) is 0 Å². The Morgan fingerprint density at radius 1 is 1.14 bits per heavy atom. The molecule has 0 unspecified atom stereocenters. The van der Waals surface area contributed by atoms with Gasteiger partial charge in [0.2, 0.25) is 0 Å². The van der Waals surface area contributed by atoms with Crippen LogP contribution in [0.1, 0.15) is 23.8 Å². The van der Waals surface area contributed by atoms with Gasteiger partial charge in [0.1, 0.15) is 0 Å². The van der Waals surface area contributed by atoms with Crippen LogP contribution in [0.4, 0.5) is 0 Å². The van der Waals surface area contributed by atoms with Crippen molar-refractivity contribution in [1.29, 1.82) is 0 Å². The molecule has 1 saturated carbocycles. The highest BCUT2D eigenvalue weighted by Gasteiger charge is 2.26. The van der Waals surface area contributed by atoms with Crippen LogP contribution in [0.25, 0.3) is 11.3 Å². The van der Waals surface area contributed by atoms with Gasteiger partial charge in [-0.3, -0.25) is 0 Å². The van der Waals surface area contributed by atoms with Gasteiger partial charge in [-0.2, -0.15) is 0 Å². The smallest absolute Gasteiger partial charge is 0.0963 e. The van der Waals surface area contributed by atoms with Crippen molar-refractivity contribution in [3.8, 4) is 11.3 Å². The minimum absolute atomic E-state index is 0.775. The van der Waals surface area contributed by atoms with Crippen LogP contribution in [0.3, 0.4) is 0 Å². The average molecular weight is 201 g/mol. The van der Waals surface area contributed by atoms with Gasteiger partial charge in [0.25, 0.3) is 0 Å². The molecule has 1 aromatic heterocycles. The molecular weight excluding hydrogens is 190 g/mol. The highest BCUT2D eigenvalue weighted by atomic mass is 32.1. The summed E-state index contributed by atoms with van der Waals surface area (Å²) in [5, 5.41) is 3.49. The van der Waals surface area contributed by atoms with Crippen LogP contribution in [0, 0.1) is 0 Å². The van der Waals surface area contributed by atoms with Crippen LogP contribution in [0.2, 0.25) is 0 Å². The standard InChI is InChI=1S/C12H11NS/c1-2-4-9(5-3-1)11-8-14-12(13-11)10-6-7-10/h1-5,8,10H,6-7H2. The summed E-state index contributed by atoms with van der Waals surface area (Å²) in [6, 6.07) is 10.4. The quantitative estimate of drug-likeness (QED) is 0.722. The molecule has 3 rings (SSSR count). The lowest BCUT2D eigenvalue weighted by Crippen LogP contribution is -1.79. The van der Waals surface area contributed by atoms with Gasteiger partial charge in [-0.25, -0.2) is 4.98 Å². The highest BCUT2D eigenvalue weighted by molar-refractivity contribution is 7.10. The number of nitrogens with zero attached hydrogens (tertiary/aromatic N) is 1. The van der Waals surface area contributed by atoms with E-state index in [1.807, 2.05) is 6.07 Å². The molecule has 2 heteroatoms. The maximum atomic E-state index is 4.66. The minimum Gasteiger partial charge on any atom is -0.241 e. The molecule has 1 aromatic carbocycles. The molecule has 1 aliphatic rings. The molecular formula is C12H11NS. The lowest BCUT2D eigenvalue weighted by molar-refractivity contribution is 1.09. The second kappa shape index (κ2) is 3.21. The molecule has 0 N–H and O–H groups in total. The Kier molecular flexibility index (Phi) is 1.88. The normalized spacial score (nSPS) is 15.7. The second-order valence-corrected chi connectivity index (χ2v) is 4.60. The van der Waals surface area contributed by atoms with E-state index in [9.17, 15) is 0 Å². The number of aromatic nitrogens is 1. The fourth-order valence-corrected chi connectivity index (χ4v) is 2.55. The molecule has 14 heavy (non-hydrogen) atoms. The lowest BCUT2D eigenvalue weighted by Gasteiger charge is -1.93. The Morgan fingerprint density at radius 3 is 2.64 bits per heavy atom. The second-order valence-electron chi connectivity index (χ2n) is 3.71. The summed E-state index contributed by atoms with van der Waals surface area (Å²) in [5.74, 6) is 0.775. The van der Waals surface area contributed by atoms with Crippen molar-refractivity contribution in [2.24, 2.45) is 0 Å². The maximum Gasteiger partial charge on any atom is 0.0963 e. The Labute approximate surface area is 87.4 Å². The number of hydrogen-bond donors (Lipinski definition) is 0. The monoisotopic (exact) mass is 201 g/mol. The molecule has 1 heterocycles. The van der Waals surface area contributed by atoms with E-state index in [4.69, 9.17) is 0 Å². The third-order valence-corrected chi connectivity index (χ3v) is 3.53. The third kappa shape index (κ3) is 1.46. The molecule has 1 aliphatic carbocycles. The molecule has 0 radical (unpaired) electrons. The highest BCUT2D eigenvalue weighted by Crippen LogP contribution is 2.42. The van der Waals surface area contributed by atoms with E-state index in [2.05, 4.69) is 34.6 Å². The molecule has 0 aliphatic heterocycles. The molecule has 0 amide bonds. The molecule has 1 nitrogen and oxygen atoms in total. The Hall–Kier alpha value is -1.15. The summed E-state index contributed by atoms with van der Waals surface area (Å²) in [6.07, 6.45) is 2.67. The van der Waals surface area contributed by atoms with Crippen molar-refractivity contribution in [2.45, 2.75) is 18.8 Å². The van der Waals surface area contributed by atoms with E-state index in [1.54, 1.807) is 11.3 Å². The number of rotatable bonds is 2. The fraction of sp³-hybridized carbons (Fsp3) is 0.250. The summed E-state index contributed by atoms with van der Waals surface area (Å²) in [7, 11) is 0. The summed E-state index contributed by atoms with van der Waals surface area (Å²) < 4.78 is 0. The van der Waals surface area contributed by atoms with Crippen molar-refractivity contribution < 1.29 is 0 Å². The minimum atomic E-state index is 0.775. The molecule has 0 atom stereocenters. The van der Waals surface area contributed by atoms with Gasteiger partial charge >= 0.3 is 0 Å². The molecule has 2 aromatic rings. The van der Waals surface area contributed by atoms with Gasteiger partial charge < -0.3 is 0 Å². The first-order chi connectivity index (χ1) is 6.93. The zero-order valence-corrected chi connectivity index (χ0v) is 8.63. The molecule has 0 bridgehead atoms. The Balaban J connectivity index is 1.96. The van der Waals surface area contributed by atoms with Crippen LogP contribution in [-0.2, 0) is 0 Å². The summed E-state index contributed by atoms with van der Waals surface area (Å²) in [5.41, 5.74) is 2.37. The molecule has 0 spiro atoms. The van der Waals surface area contributed by atoms with Gasteiger partial charge in [-0.05, 0) is 12.8 Å². The van der Waals surface area contributed by atoms with Gasteiger partial charge in [0, 0.05) is 16.9 Å². The van der Waals surface area contributed by atoms with E-state index in [0.29, 0.717) is 0 Å². The summed E-state index contributed by atoms with van der Waals surface area (Å²) >= 11 is 1.80. The zero-order valence-electron chi connectivity index (χ0n) is 7.81. The maximum absolute atomic E-state index is 4.66. The third-order valence-electron chi connectivity index (χ3n) is 2.52. The van der Waals surface area contributed by atoms with Crippen molar-refractivity contribution in [3.63, 3.8) is 0 Å². The van der Waals surface area contributed by atoms with Crippen molar-refractivity contribution in [3.05, 3.63) is 40.7 Å². The first-order valence-electron chi connectivity index (χ1n) is 4.94. The SMILES string of the molecule is c1ccc(-c2csc(C3CC3)n2)cc1. The Morgan fingerprint density at radius 2 is 1.93 bits per heavy atom. The molecule has 1 fully saturated rings. The predicted molar refractivity (Wildman–Crippen MR) is 59.5 cm³/mol. The van der Waals surface area contributed by atoms with E-state index in [1.165, 1.54) is 23.4 Å². The van der Waals surface area contributed by atoms with Gasteiger partial charge in [-0.1, -0.05) is 30.3 Å². The van der Waals surface area contributed by atoms with E-state index < -0.39 is 0 Å². The molecule has 0 saturated heterocycles. The lowest BCUT2D eigenvalue weighted by atomic mass is 10.2. The van der Waals surface area contributed by atoms with Crippen LogP contribution in [0.15, 0.2) is 35.7 Å². The fourth-order valence-electron chi connectivity index (χ4n) is 1.55. The first-order valence-corrected chi connectivity index (χ1v) is 5.82. The topological polar surface area (TPSA) is 12.9 Å². The van der Waals surface area contributed by atoms with Crippen LogP contribution in [-0.4, -0.2) is 4.98 Å². The van der Waals surface area contributed by atoms with E-state index >= 15 is 0 Å². The van der Waals surface area contributed by atoms with E-state index in [0.717, 1.165) is 11.6 Å². The van der Waals surface area contributed by atoms with Crippen molar-refractivity contribution in [2.75, 3.05) is 0 Å². The average Bonchev–Trinajstić information content (AvgIpc) is 2.98. The number of benzene rings is 1. The zero-order chi connectivity index (χ0) is 9.38. The van der Waals surface area contributed by atoms with E-state index in [-0.39, 0.29) is 0 Å². The predicted octanol–water partition coefficient (Wildman–Crippen LogP) is 3.69. The molecule has 70 valence electrons. The summed E-state index contributed by atoms with van der Waals surface area (Å²) in [6.45, 7) is 0. The first kappa shape index (κ1) is 8.18. The number of hydrogen-bond acceptors (Lipinski definition) is 2. The van der Waals surface area contributed by atoms with Crippen molar-refractivity contribution >= 4 is 11.3 Å². The van der Waals surface area contributed by atoms with Crippen LogP contribution < -0.4 is 0 Å². The Bertz CT molecular complexity index is 429. The van der Waals surface area contributed by atoms with Crippen LogP contribution >= 0.6 is 11.3 Å². The van der Waals surface area contributed by atoms with Crippen LogP contribution in [0.5, 0.6) is 0 Å². The summed E-state index contributed by atoms with van der Waals surface area (Å²) in [4.78, 5) is 4.66. The number of thiazole rings is 1. The van der Waals surface area contributed by atoms with Gasteiger partial charge in [-0.15, -0.1) is 11.3 Å². The van der Waals surface area contributed by atoms with Crippen molar-refractivity contribution in [1.82, 2.24) is 4.98 Å². The van der Waals surface area contributed by atoms with Gasteiger partial charge in [0.05, 0.1) is 10.7 Å². The largest absolute Gasteiger partial charge is 0.241 e.